The minimum atomic E-state index is -3.30. The summed E-state index contributed by atoms with van der Waals surface area (Å²) in [6.07, 6.45) is 2.02. The second kappa shape index (κ2) is 5.72. The number of carbonyl (C=O) groups excluding carboxylic acids is 1. The van der Waals surface area contributed by atoms with Crippen molar-refractivity contribution in [1.82, 2.24) is 24.0 Å². The SMILES string of the molecule is CCCN1Cc2nnc(CN(C)S(C)(=O)=O)n2[C@H](C)C1=O. The van der Waals surface area contributed by atoms with Crippen LogP contribution in [0, 0.1) is 0 Å². The molecule has 0 radical (unpaired) electrons. The van der Waals surface area contributed by atoms with Crippen LogP contribution < -0.4 is 0 Å². The van der Waals surface area contributed by atoms with E-state index >= 15 is 0 Å². The summed E-state index contributed by atoms with van der Waals surface area (Å²) in [6, 6.07) is -0.404. The molecule has 8 nitrogen and oxygen atoms in total. The van der Waals surface area contributed by atoms with Crippen LogP contribution in [0.25, 0.3) is 0 Å². The normalized spacial score (nSPS) is 19.2. The first-order valence-electron chi connectivity index (χ1n) is 6.88. The largest absolute Gasteiger partial charge is 0.333 e. The Bertz CT molecular complexity index is 639. The Kier molecular flexibility index (Phi) is 4.33. The Morgan fingerprint density at radius 3 is 2.62 bits per heavy atom. The van der Waals surface area contributed by atoms with Crippen molar-refractivity contribution in [3.63, 3.8) is 0 Å². The molecule has 0 N–H and O–H groups in total. The molecule has 1 atom stereocenters. The van der Waals surface area contributed by atoms with E-state index in [-0.39, 0.29) is 12.5 Å². The molecule has 1 amide bonds. The van der Waals surface area contributed by atoms with E-state index in [0.29, 0.717) is 24.7 Å². The fourth-order valence-electron chi connectivity index (χ4n) is 2.42. The molecule has 0 aliphatic carbocycles. The molecule has 2 rings (SSSR count). The van der Waals surface area contributed by atoms with Gasteiger partial charge in [-0.15, -0.1) is 10.2 Å². The lowest BCUT2D eigenvalue weighted by Crippen LogP contribution is -2.42. The number of fused-ring (bicyclic) bond motifs is 1. The topological polar surface area (TPSA) is 88.4 Å². The van der Waals surface area contributed by atoms with Crippen molar-refractivity contribution in [2.75, 3.05) is 19.8 Å². The van der Waals surface area contributed by atoms with Gasteiger partial charge in [-0.3, -0.25) is 9.36 Å². The predicted molar refractivity (Wildman–Crippen MR) is 76.8 cm³/mol. The summed E-state index contributed by atoms with van der Waals surface area (Å²) in [5.74, 6) is 1.22. The molecule has 0 saturated heterocycles. The highest BCUT2D eigenvalue weighted by Crippen LogP contribution is 2.23. The lowest BCUT2D eigenvalue weighted by atomic mass is 10.2. The Labute approximate surface area is 124 Å². The minimum Gasteiger partial charge on any atom is -0.333 e. The van der Waals surface area contributed by atoms with Gasteiger partial charge in [-0.25, -0.2) is 8.42 Å². The summed E-state index contributed by atoms with van der Waals surface area (Å²) >= 11 is 0. The minimum absolute atomic E-state index is 0.0207. The average Bonchev–Trinajstić information content (AvgIpc) is 2.78. The van der Waals surface area contributed by atoms with Crippen molar-refractivity contribution >= 4 is 15.9 Å². The van der Waals surface area contributed by atoms with Gasteiger partial charge in [0.1, 0.15) is 11.9 Å². The van der Waals surface area contributed by atoms with Crippen LogP contribution in [-0.2, 0) is 27.9 Å². The quantitative estimate of drug-likeness (QED) is 0.762. The monoisotopic (exact) mass is 315 g/mol. The summed E-state index contributed by atoms with van der Waals surface area (Å²) in [6.45, 7) is 5.03. The second-order valence-corrected chi connectivity index (χ2v) is 7.45. The van der Waals surface area contributed by atoms with Crippen molar-refractivity contribution in [2.24, 2.45) is 0 Å². The number of hydrogen-bond acceptors (Lipinski definition) is 5. The fourth-order valence-corrected chi connectivity index (χ4v) is 2.77. The van der Waals surface area contributed by atoms with E-state index in [2.05, 4.69) is 10.2 Å². The van der Waals surface area contributed by atoms with Gasteiger partial charge in [0.15, 0.2) is 5.82 Å². The van der Waals surface area contributed by atoms with Gasteiger partial charge < -0.3 is 4.90 Å². The number of rotatable bonds is 5. The zero-order chi connectivity index (χ0) is 15.8. The van der Waals surface area contributed by atoms with Gasteiger partial charge in [-0.1, -0.05) is 6.92 Å². The molecule has 0 saturated carbocycles. The van der Waals surface area contributed by atoms with E-state index in [4.69, 9.17) is 0 Å². The second-order valence-electron chi connectivity index (χ2n) is 5.36. The van der Waals surface area contributed by atoms with Crippen LogP contribution in [0.1, 0.15) is 38.0 Å². The van der Waals surface area contributed by atoms with Crippen LogP contribution in [0.3, 0.4) is 0 Å². The first-order valence-corrected chi connectivity index (χ1v) is 8.73. The number of nitrogens with zero attached hydrogens (tertiary/aromatic N) is 5. The highest BCUT2D eigenvalue weighted by atomic mass is 32.2. The number of aromatic nitrogens is 3. The highest BCUT2D eigenvalue weighted by Gasteiger charge is 2.33. The molecule has 2 heterocycles. The Morgan fingerprint density at radius 2 is 2.05 bits per heavy atom. The van der Waals surface area contributed by atoms with E-state index in [1.165, 1.54) is 11.4 Å². The third-order valence-corrected chi connectivity index (χ3v) is 4.91. The van der Waals surface area contributed by atoms with Crippen LogP contribution in [-0.4, -0.2) is 58.1 Å². The van der Waals surface area contributed by atoms with Gasteiger partial charge in [-0.2, -0.15) is 4.31 Å². The van der Waals surface area contributed by atoms with Crippen molar-refractivity contribution in [1.29, 1.82) is 0 Å². The maximum atomic E-state index is 12.3. The molecule has 1 aliphatic heterocycles. The molecule has 21 heavy (non-hydrogen) atoms. The smallest absolute Gasteiger partial charge is 0.245 e. The number of amides is 1. The molecule has 118 valence electrons. The Hall–Kier alpha value is -1.48. The van der Waals surface area contributed by atoms with Crippen LogP contribution in [0.5, 0.6) is 0 Å². The Balaban J connectivity index is 2.29. The average molecular weight is 315 g/mol. The molecule has 0 fully saturated rings. The maximum Gasteiger partial charge on any atom is 0.245 e. The van der Waals surface area contributed by atoms with Crippen LogP contribution in [0.4, 0.5) is 0 Å². The molecule has 1 aromatic heterocycles. The molecule has 0 bridgehead atoms. The number of sulfonamides is 1. The molecule has 1 aromatic rings. The maximum absolute atomic E-state index is 12.3. The first kappa shape index (κ1) is 15.9. The molecule has 0 aromatic carbocycles. The van der Waals surface area contributed by atoms with E-state index in [1.54, 1.807) is 16.4 Å². The number of hydrogen-bond donors (Lipinski definition) is 0. The van der Waals surface area contributed by atoms with Crippen LogP contribution >= 0.6 is 0 Å². The molecular weight excluding hydrogens is 294 g/mol. The standard InChI is InChI=1S/C12H21N5O3S/c1-5-6-16-8-11-14-13-10(7-15(3)21(4,19)20)17(11)9(2)12(16)18/h9H,5-8H2,1-4H3/t9-/m1/s1. The van der Waals surface area contributed by atoms with E-state index in [1.807, 2.05) is 6.92 Å². The summed E-state index contributed by atoms with van der Waals surface area (Å²) < 4.78 is 25.9. The van der Waals surface area contributed by atoms with Gasteiger partial charge in [-0.05, 0) is 13.3 Å². The van der Waals surface area contributed by atoms with Gasteiger partial charge in [0, 0.05) is 13.6 Å². The molecular formula is C12H21N5O3S. The lowest BCUT2D eigenvalue weighted by Gasteiger charge is -2.32. The van der Waals surface area contributed by atoms with Crippen LogP contribution in [0.15, 0.2) is 0 Å². The van der Waals surface area contributed by atoms with E-state index in [9.17, 15) is 13.2 Å². The van der Waals surface area contributed by atoms with Gasteiger partial charge in [0.05, 0.1) is 19.3 Å². The summed E-state index contributed by atoms with van der Waals surface area (Å²) in [5.41, 5.74) is 0. The summed E-state index contributed by atoms with van der Waals surface area (Å²) in [5, 5.41) is 8.17. The first-order chi connectivity index (χ1) is 9.75. The van der Waals surface area contributed by atoms with Crippen molar-refractivity contribution < 1.29 is 13.2 Å². The zero-order valence-corrected chi connectivity index (χ0v) is 13.6. The molecule has 9 heteroatoms. The van der Waals surface area contributed by atoms with Crippen LogP contribution in [0.2, 0.25) is 0 Å². The summed E-state index contributed by atoms with van der Waals surface area (Å²) in [7, 11) is -1.82. The number of carbonyl (C=O) groups is 1. The van der Waals surface area contributed by atoms with Gasteiger partial charge in [0.25, 0.3) is 0 Å². The Morgan fingerprint density at radius 1 is 1.38 bits per heavy atom. The van der Waals surface area contributed by atoms with E-state index in [0.717, 1.165) is 12.7 Å². The van der Waals surface area contributed by atoms with Gasteiger partial charge in [0.2, 0.25) is 15.9 Å². The lowest BCUT2D eigenvalue weighted by molar-refractivity contribution is -0.137. The van der Waals surface area contributed by atoms with Gasteiger partial charge >= 0.3 is 0 Å². The van der Waals surface area contributed by atoms with E-state index < -0.39 is 16.1 Å². The van der Waals surface area contributed by atoms with Crippen molar-refractivity contribution in [2.45, 2.75) is 39.4 Å². The van der Waals surface area contributed by atoms with Crippen molar-refractivity contribution in [3.05, 3.63) is 11.6 Å². The summed E-state index contributed by atoms with van der Waals surface area (Å²) in [4.78, 5) is 14.1. The fraction of sp³-hybridized carbons (Fsp3) is 0.750. The van der Waals surface area contributed by atoms with Crippen molar-refractivity contribution in [3.8, 4) is 0 Å². The zero-order valence-electron chi connectivity index (χ0n) is 12.8. The molecule has 1 aliphatic rings. The highest BCUT2D eigenvalue weighted by molar-refractivity contribution is 7.88. The predicted octanol–water partition coefficient (Wildman–Crippen LogP) is -0.0173. The third kappa shape index (κ3) is 3.08. The molecule has 0 unspecified atom stereocenters. The molecule has 0 spiro atoms. The third-order valence-electron chi connectivity index (χ3n) is 3.65.